The molecule has 0 fully saturated rings. The lowest BCUT2D eigenvalue weighted by molar-refractivity contribution is 0.0683. The van der Waals surface area contributed by atoms with Crippen molar-refractivity contribution < 1.29 is 14.7 Å². The first kappa shape index (κ1) is 13.2. The average Bonchev–Trinajstić information content (AvgIpc) is 2.63. The summed E-state index contributed by atoms with van der Waals surface area (Å²) in [4.78, 5) is 28.8. The fourth-order valence-corrected chi connectivity index (χ4v) is 1.11. The minimum absolute atomic E-state index is 0.0893. The smallest absolute Gasteiger partial charge is 0.354 e. The first-order valence-electron chi connectivity index (χ1n) is 5.31. The van der Waals surface area contributed by atoms with Gasteiger partial charge in [-0.1, -0.05) is 20.8 Å². The number of aromatic amines is 1. The molecule has 0 saturated carbocycles. The monoisotopic (exact) mass is 239 g/mol. The highest BCUT2D eigenvalue weighted by Gasteiger charge is 2.25. The van der Waals surface area contributed by atoms with Crippen LogP contribution in [-0.2, 0) is 0 Å². The van der Waals surface area contributed by atoms with Crippen LogP contribution in [0, 0.1) is 5.41 Å². The maximum absolute atomic E-state index is 11.8. The van der Waals surface area contributed by atoms with Crippen LogP contribution in [0.3, 0.4) is 0 Å². The molecular weight excluding hydrogens is 222 g/mol. The number of nitrogens with one attached hydrogen (secondary N) is 2. The van der Waals surface area contributed by atoms with Gasteiger partial charge in [-0.3, -0.25) is 4.79 Å². The number of hydrogen-bond acceptors (Lipinski definition) is 3. The van der Waals surface area contributed by atoms with Gasteiger partial charge in [-0.15, -0.1) is 0 Å². The minimum Gasteiger partial charge on any atom is -0.477 e. The van der Waals surface area contributed by atoms with E-state index in [-0.39, 0.29) is 22.8 Å². The van der Waals surface area contributed by atoms with Gasteiger partial charge in [0.15, 0.2) is 11.4 Å². The first-order valence-corrected chi connectivity index (χ1v) is 5.31. The van der Waals surface area contributed by atoms with Crippen LogP contribution in [0.4, 0.5) is 0 Å². The molecule has 6 heteroatoms. The molecular formula is C11H17N3O3. The van der Waals surface area contributed by atoms with Crippen LogP contribution >= 0.6 is 0 Å². The van der Waals surface area contributed by atoms with Crippen LogP contribution < -0.4 is 5.32 Å². The summed E-state index contributed by atoms with van der Waals surface area (Å²) in [7, 11) is 0. The van der Waals surface area contributed by atoms with Gasteiger partial charge in [0.25, 0.3) is 5.91 Å². The van der Waals surface area contributed by atoms with E-state index in [4.69, 9.17) is 5.11 Å². The number of amides is 1. The van der Waals surface area contributed by atoms with E-state index in [0.717, 1.165) is 0 Å². The Labute approximate surface area is 99.4 Å². The Balaban J connectivity index is 2.84. The normalized spacial score (nSPS) is 13.2. The minimum atomic E-state index is -1.20. The number of aromatic carboxylic acids is 1. The third kappa shape index (κ3) is 3.05. The lowest BCUT2D eigenvalue weighted by Gasteiger charge is -2.27. The van der Waals surface area contributed by atoms with Crippen molar-refractivity contribution in [3.8, 4) is 0 Å². The summed E-state index contributed by atoms with van der Waals surface area (Å²) in [5.41, 5.74) is -0.382. The van der Waals surface area contributed by atoms with Crippen molar-refractivity contribution in [3.63, 3.8) is 0 Å². The van der Waals surface area contributed by atoms with Crippen molar-refractivity contribution >= 4 is 11.9 Å². The number of hydrogen-bond donors (Lipinski definition) is 3. The summed E-state index contributed by atoms with van der Waals surface area (Å²) in [6.07, 6.45) is 1.19. The number of imidazole rings is 1. The molecule has 0 aliphatic carbocycles. The molecule has 3 N–H and O–H groups in total. The molecule has 1 rings (SSSR count). The molecule has 1 heterocycles. The van der Waals surface area contributed by atoms with Crippen molar-refractivity contribution in [2.24, 2.45) is 5.41 Å². The number of carbonyl (C=O) groups excluding carboxylic acids is 1. The molecule has 0 spiro atoms. The molecule has 0 saturated heterocycles. The molecule has 0 aliphatic heterocycles. The van der Waals surface area contributed by atoms with Crippen molar-refractivity contribution in [3.05, 3.63) is 17.7 Å². The molecule has 17 heavy (non-hydrogen) atoms. The largest absolute Gasteiger partial charge is 0.477 e. The lowest BCUT2D eigenvalue weighted by Crippen LogP contribution is -2.42. The predicted octanol–water partition coefficient (Wildman–Crippen LogP) is 1.27. The molecule has 1 aromatic heterocycles. The van der Waals surface area contributed by atoms with Gasteiger partial charge in [0, 0.05) is 6.04 Å². The fourth-order valence-electron chi connectivity index (χ4n) is 1.11. The molecule has 1 aromatic rings. The SMILES string of the molecule is CC(NC(=O)c1nc[nH]c1C(=O)O)C(C)(C)C. The summed E-state index contributed by atoms with van der Waals surface area (Å²) < 4.78 is 0. The zero-order chi connectivity index (χ0) is 13.2. The highest BCUT2D eigenvalue weighted by Crippen LogP contribution is 2.19. The Hall–Kier alpha value is -1.85. The van der Waals surface area contributed by atoms with Gasteiger partial charge in [-0.05, 0) is 12.3 Å². The number of carbonyl (C=O) groups is 2. The molecule has 94 valence electrons. The summed E-state index contributed by atoms with van der Waals surface area (Å²) in [6.45, 7) is 7.83. The van der Waals surface area contributed by atoms with E-state index in [0.29, 0.717) is 0 Å². The maximum Gasteiger partial charge on any atom is 0.354 e. The van der Waals surface area contributed by atoms with Crippen LogP contribution in [0.2, 0.25) is 0 Å². The second-order valence-electron chi connectivity index (χ2n) is 4.99. The highest BCUT2D eigenvalue weighted by atomic mass is 16.4. The standard InChI is InChI=1S/C11H17N3O3/c1-6(11(2,3)4)14-9(15)7-8(10(16)17)13-5-12-7/h5-6H,1-4H3,(H,12,13)(H,14,15)(H,16,17). The third-order valence-electron chi connectivity index (χ3n) is 2.71. The number of carboxylic acid groups (broad SMARTS) is 1. The van der Waals surface area contributed by atoms with Crippen molar-refractivity contribution in [2.75, 3.05) is 0 Å². The van der Waals surface area contributed by atoms with Gasteiger partial charge in [0.05, 0.1) is 6.33 Å². The number of nitrogens with zero attached hydrogens (tertiary/aromatic N) is 1. The van der Waals surface area contributed by atoms with Crippen LogP contribution in [0.1, 0.15) is 48.7 Å². The molecule has 1 unspecified atom stereocenters. The van der Waals surface area contributed by atoms with Gasteiger partial charge in [0.2, 0.25) is 0 Å². The molecule has 0 aromatic carbocycles. The first-order chi connectivity index (χ1) is 7.73. The quantitative estimate of drug-likeness (QED) is 0.740. The van der Waals surface area contributed by atoms with Gasteiger partial charge in [0.1, 0.15) is 0 Å². The van der Waals surface area contributed by atoms with Crippen LogP contribution in [0.5, 0.6) is 0 Å². The van der Waals surface area contributed by atoms with E-state index in [1.807, 2.05) is 27.7 Å². The fraction of sp³-hybridized carbons (Fsp3) is 0.545. The van der Waals surface area contributed by atoms with Crippen LogP contribution in [0.25, 0.3) is 0 Å². The summed E-state index contributed by atoms with van der Waals surface area (Å²) in [5.74, 6) is -1.68. The molecule has 0 radical (unpaired) electrons. The number of rotatable bonds is 3. The summed E-state index contributed by atoms with van der Waals surface area (Å²) in [6, 6.07) is -0.0895. The van der Waals surface area contributed by atoms with Gasteiger partial charge in [-0.2, -0.15) is 0 Å². The number of H-pyrrole nitrogens is 1. The topological polar surface area (TPSA) is 95.1 Å². The van der Waals surface area contributed by atoms with E-state index in [9.17, 15) is 9.59 Å². The Kier molecular flexibility index (Phi) is 3.55. The zero-order valence-corrected chi connectivity index (χ0v) is 10.4. The van der Waals surface area contributed by atoms with Crippen LogP contribution in [0.15, 0.2) is 6.33 Å². The van der Waals surface area contributed by atoms with E-state index in [1.54, 1.807) is 0 Å². The van der Waals surface area contributed by atoms with Crippen LogP contribution in [-0.4, -0.2) is 33.0 Å². The second kappa shape index (κ2) is 4.57. The molecule has 0 aliphatic rings. The number of aromatic nitrogens is 2. The zero-order valence-electron chi connectivity index (χ0n) is 10.4. The maximum atomic E-state index is 11.8. The Morgan fingerprint density at radius 2 is 2.06 bits per heavy atom. The predicted molar refractivity (Wildman–Crippen MR) is 61.9 cm³/mol. The van der Waals surface area contributed by atoms with Gasteiger partial charge < -0.3 is 15.4 Å². The van der Waals surface area contributed by atoms with E-state index in [1.165, 1.54) is 6.33 Å². The molecule has 0 bridgehead atoms. The Morgan fingerprint density at radius 1 is 1.47 bits per heavy atom. The van der Waals surface area contributed by atoms with Gasteiger partial charge >= 0.3 is 5.97 Å². The third-order valence-corrected chi connectivity index (χ3v) is 2.71. The molecule has 1 amide bonds. The van der Waals surface area contributed by atoms with Gasteiger partial charge in [-0.25, -0.2) is 9.78 Å². The van der Waals surface area contributed by atoms with Crippen molar-refractivity contribution in [1.82, 2.24) is 15.3 Å². The number of carboxylic acids is 1. The Morgan fingerprint density at radius 3 is 2.53 bits per heavy atom. The lowest BCUT2D eigenvalue weighted by atomic mass is 9.88. The van der Waals surface area contributed by atoms with E-state index in [2.05, 4.69) is 15.3 Å². The van der Waals surface area contributed by atoms with Crippen molar-refractivity contribution in [1.29, 1.82) is 0 Å². The Bertz CT molecular complexity index is 431. The van der Waals surface area contributed by atoms with E-state index >= 15 is 0 Å². The summed E-state index contributed by atoms with van der Waals surface area (Å²) in [5, 5.41) is 11.6. The second-order valence-corrected chi connectivity index (χ2v) is 4.99. The summed E-state index contributed by atoms with van der Waals surface area (Å²) >= 11 is 0. The highest BCUT2D eigenvalue weighted by molar-refractivity contribution is 6.02. The van der Waals surface area contributed by atoms with Crippen molar-refractivity contribution in [2.45, 2.75) is 33.7 Å². The van der Waals surface area contributed by atoms with E-state index < -0.39 is 11.9 Å². The molecule has 1 atom stereocenters. The molecule has 6 nitrogen and oxygen atoms in total. The average molecular weight is 239 g/mol.